The highest BCUT2D eigenvalue weighted by Gasteiger charge is 2.03. The zero-order valence-corrected chi connectivity index (χ0v) is 8.19. The number of esters is 1. The zero-order valence-electron chi connectivity index (χ0n) is 7.37. The van der Waals surface area contributed by atoms with Gasteiger partial charge in [0.15, 0.2) is 0 Å². The van der Waals surface area contributed by atoms with E-state index >= 15 is 0 Å². The summed E-state index contributed by atoms with van der Waals surface area (Å²) >= 11 is 1.28. The van der Waals surface area contributed by atoms with E-state index in [4.69, 9.17) is 10.00 Å². The average Bonchev–Trinajstić information content (AvgIpc) is 2.01. The second-order valence-electron chi connectivity index (χ2n) is 2.73. The quantitative estimate of drug-likeness (QED) is 0.482. The first kappa shape index (κ1) is 11.3. The second kappa shape index (κ2) is 6.99. The molecule has 0 radical (unpaired) electrons. The number of nitrogens with zero attached hydrogens (tertiary/aromatic N) is 1. The molecule has 0 atom stereocenters. The van der Waals surface area contributed by atoms with Gasteiger partial charge in [-0.1, -0.05) is 13.8 Å². The molecule has 0 unspecified atom stereocenters. The van der Waals surface area contributed by atoms with E-state index in [-0.39, 0.29) is 11.7 Å². The Bertz CT molecular complexity index is 174. The van der Waals surface area contributed by atoms with Gasteiger partial charge in [-0.05, 0) is 5.92 Å². The Morgan fingerprint density at radius 1 is 1.67 bits per heavy atom. The Morgan fingerprint density at radius 2 is 2.33 bits per heavy atom. The minimum atomic E-state index is -0.232. The van der Waals surface area contributed by atoms with Crippen LogP contribution in [0, 0.1) is 17.2 Å². The maximum Gasteiger partial charge on any atom is 0.315 e. The Labute approximate surface area is 77.1 Å². The second-order valence-corrected chi connectivity index (χ2v) is 3.71. The minimum Gasteiger partial charge on any atom is -0.465 e. The fourth-order valence-electron chi connectivity index (χ4n) is 0.481. The van der Waals surface area contributed by atoms with E-state index in [1.54, 1.807) is 0 Å². The summed E-state index contributed by atoms with van der Waals surface area (Å²) in [7, 11) is 0. The molecule has 68 valence electrons. The van der Waals surface area contributed by atoms with Crippen molar-refractivity contribution >= 4 is 17.7 Å². The van der Waals surface area contributed by atoms with Crippen molar-refractivity contribution in [1.82, 2.24) is 0 Å². The van der Waals surface area contributed by atoms with E-state index in [9.17, 15) is 4.79 Å². The largest absolute Gasteiger partial charge is 0.465 e. The van der Waals surface area contributed by atoms with Crippen LogP contribution in [0.3, 0.4) is 0 Å². The molecule has 0 saturated heterocycles. The summed E-state index contributed by atoms with van der Waals surface area (Å²) in [4.78, 5) is 10.9. The number of hydrogen-bond acceptors (Lipinski definition) is 4. The van der Waals surface area contributed by atoms with Crippen LogP contribution in [0.2, 0.25) is 0 Å². The summed E-state index contributed by atoms with van der Waals surface area (Å²) < 4.78 is 4.88. The van der Waals surface area contributed by atoms with Crippen LogP contribution in [0.1, 0.15) is 13.8 Å². The van der Waals surface area contributed by atoms with E-state index in [0.717, 1.165) is 0 Å². The minimum absolute atomic E-state index is 0.232. The molecule has 0 fully saturated rings. The summed E-state index contributed by atoms with van der Waals surface area (Å²) in [6, 6.07) is 1.94. The lowest BCUT2D eigenvalue weighted by Crippen LogP contribution is -2.11. The highest BCUT2D eigenvalue weighted by Crippen LogP contribution is 2.00. The number of ether oxygens (including phenoxy) is 1. The van der Waals surface area contributed by atoms with Crippen LogP contribution in [-0.2, 0) is 9.53 Å². The van der Waals surface area contributed by atoms with Crippen molar-refractivity contribution in [3.05, 3.63) is 0 Å². The monoisotopic (exact) mass is 187 g/mol. The van der Waals surface area contributed by atoms with Gasteiger partial charge in [-0.25, -0.2) is 0 Å². The van der Waals surface area contributed by atoms with E-state index in [1.165, 1.54) is 11.8 Å². The van der Waals surface area contributed by atoms with Gasteiger partial charge in [-0.3, -0.25) is 4.79 Å². The van der Waals surface area contributed by atoms with Gasteiger partial charge in [0.25, 0.3) is 0 Å². The molecule has 0 rings (SSSR count). The summed E-state index contributed by atoms with van der Waals surface area (Å²) in [5, 5.41) is 8.17. The number of thioether (sulfide) groups is 1. The summed E-state index contributed by atoms with van der Waals surface area (Å²) in [5.41, 5.74) is 0. The zero-order chi connectivity index (χ0) is 9.40. The molecule has 4 heteroatoms. The Balaban J connectivity index is 3.29. The number of carbonyl (C=O) groups excluding carboxylic acids is 1. The van der Waals surface area contributed by atoms with Gasteiger partial charge in [0, 0.05) is 0 Å². The molecule has 0 bridgehead atoms. The first-order chi connectivity index (χ1) is 5.66. The van der Waals surface area contributed by atoms with E-state index in [1.807, 2.05) is 19.9 Å². The summed E-state index contributed by atoms with van der Waals surface area (Å²) in [6.45, 7) is 4.43. The first-order valence-corrected chi connectivity index (χ1v) is 4.92. The van der Waals surface area contributed by atoms with Crippen molar-refractivity contribution in [2.24, 2.45) is 5.92 Å². The fraction of sp³-hybridized carbons (Fsp3) is 0.750. The molecule has 12 heavy (non-hydrogen) atoms. The van der Waals surface area contributed by atoms with Crippen molar-refractivity contribution < 1.29 is 9.53 Å². The Morgan fingerprint density at radius 3 is 2.83 bits per heavy atom. The number of hydrogen-bond donors (Lipinski definition) is 0. The van der Waals surface area contributed by atoms with Crippen LogP contribution in [0.15, 0.2) is 0 Å². The van der Waals surface area contributed by atoms with Crippen LogP contribution in [0.25, 0.3) is 0 Å². The molecule has 0 heterocycles. The third-order valence-electron chi connectivity index (χ3n) is 0.964. The highest BCUT2D eigenvalue weighted by atomic mass is 32.2. The van der Waals surface area contributed by atoms with Crippen molar-refractivity contribution in [2.45, 2.75) is 13.8 Å². The van der Waals surface area contributed by atoms with Crippen molar-refractivity contribution in [1.29, 1.82) is 5.26 Å². The van der Waals surface area contributed by atoms with Gasteiger partial charge in [0.1, 0.15) is 0 Å². The third-order valence-corrected chi connectivity index (χ3v) is 1.74. The predicted molar refractivity (Wildman–Crippen MR) is 48.7 cm³/mol. The van der Waals surface area contributed by atoms with Crippen LogP contribution in [0.4, 0.5) is 0 Å². The molecule has 0 aromatic heterocycles. The molecule has 0 aromatic rings. The molecule has 0 aliphatic carbocycles. The molecule has 3 nitrogen and oxygen atoms in total. The lowest BCUT2D eigenvalue weighted by Gasteiger charge is -2.05. The van der Waals surface area contributed by atoms with Gasteiger partial charge in [-0.15, -0.1) is 11.8 Å². The summed E-state index contributed by atoms with van der Waals surface area (Å²) in [5.74, 6) is 0.760. The number of nitriles is 1. The van der Waals surface area contributed by atoms with Crippen LogP contribution in [0.5, 0.6) is 0 Å². The lowest BCUT2D eigenvalue weighted by atomic mass is 10.2. The molecular formula is C8H13NO2S. The Hall–Kier alpha value is -0.690. The van der Waals surface area contributed by atoms with E-state index < -0.39 is 0 Å². The fourth-order valence-corrected chi connectivity index (χ4v) is 0.925. The SMILES string of the molecule is CC(C)COC(=O)CSCC#N. The average molecular weight is 187 g/mol. The number of rotatable bonds is 5. The molecule has 0 N–H and O–H groups in total. The van der Waals surface area contributed by atoms with Gasteiger partial charge >= 0.3 is 5.97 Å². The lowest BCUT2D eigenvalue weighted by molar-refractivity contribution is -0.141. The normalized spacial score (nSPS) is 9.50. The third kappa shape index (κ3) is 7.42. The maximum absolute atomic E-state index is 10.9. The topological polar surface area (TPSA) is 50.1 Å². The maximum atomic E-state index is 10.9. The van der Waals surface area contributed by atoms with Crippen molar-refractivity contribution in [2.75, 3.05) is 18.1 Å². The van der Waals surface area contributed by atoms with Crippen LogP contribution >= 0.6 is 11.8 Å². The summed E-state index contributed by atoms with van der Waals surface area (Å²) in [6.07, 6.45) is 0. The van der Waals surface area contributed by atoms with E-state index in [0.29, 0.717) is 18.3 Å². The van der Waals surface area contributed by atoms with Gasteiger partial charge in [0.2, 0.25) is 0 Å². The predicted octanol–water partition coefficient (Wildman–Crippen LogP) is 1.44. The smallest absolute Gasteiger partial charge is 0.315 e. The highest BCUT2D eigenvalue weighted by molar-refractivity contribution is 8.00. The first-order valence-electron chi connectivity index (χ1n) is 3.77. The van der Waals surface area contributed by atoms with E-state index in [2.05, 4.69) is 0 Å². The molecule has 0 aromatic carbocycles. The standard InChI is InChI=1S/C8H13NO2S/c1-7(2)5-11-8(10)6-12-4-3-9/h7H,4-6H2,1-2H3. The Kier molecular flexibility index (Phi) is 6.58. The number of carbonyl (C=O) groups is 1. The van der Waals surface area contributed by atoms with Gasteiger partial charge < -0.3 is 4.74 Å². The van der Waals surface area contributed by atoms with Gasteiger partial charge in [0.05, 0.1) is 24.2 Å². The molecule has 0 spiro atoms. The van der Waals surface area contributed by atoms with Crippen molar-refractivity contribution in [3.63, 3.8) is 0 Å². The van der Waals surface area contributed by atoms with Crippen molar-refractivity contribution in [3.8, 4) is 6.07 Å². The molecular weight excluding hydrogens is 174 g/mol. The van der Waals surface area contributed by atoms with Gasteiger partial charge in [-0.2, -0.15) is 5.26 Å². The molecule has 0 amide bonds. The molecule has 0 aliphatic rings. The van der Waals surface area contributed by atoms with Crippen LogP contribution < -0.4 is 0 Å². The molecule has 0 saturated carbocycles. The van der Waals surface area contributed by atoms with Crippen LogP contribution in [-0.4, -0.2) is 24.1 Å². The molecule has 0 aliphatic heterocycles.